The Bertz CT molecular complexity index is 1360. The first-order valence-corrected chi connectivity index (χ1v) is 35.1. The lowest BCUT2D eigenvalue weighted by Gasteiger charge is -2.18. The van der Waals surface area contributed by atoms with Crippen molar-refractivity contribution < 1.29 is 28.6 Å². The molecule has 0 aliphatic heterocycles. The fraction of sp³-hybridized carbons (Fsp3) is 0.849. The van der Waals surface area contributed by atoms with Crippen LogP contribution in [0.2, 0.25) is 0 Å². The van der Waals surface area contributed by atoms with Gasteiger partial charge in [0.05, 0.1) is 0 Å². The highest BCUT2D eigenvalue weighted by Gasteiger charge is 2.19. The minimum atomic E-state index is -0.778. The second-order valence-corrected chi connectivity index (χ2v) is 23.8. The summed E-state index contributed by atoms with van der Waals surface area (Å²) >= 11 is 0. The zero-order chi connectivity index (χ0) is 57.1. The van der Waals surface area contributed by atoms with Crippen molar-refractivity contribution in [3.8, 4) is 0 Å². The van der Waals surface area contributed by atoms with E-state index in [9.17, 15) is 14.4 Å². The van der Waals surface area contributed by atoms with Crippen molar-refractivity contribution >= 4 is 17.9 Å². The SMILES string of the molecule is CCCCCCC/C=C\C/C=C\CCCCCCCCCCCCCCCCCCCC(=O)OCC(COC(=O)CCCCCCC/C=C\CCCCCCC)OC(=O)CCCCCCCCC/C=C\CCCCCCCCC. The van der Waals surface area contributed by atoms with Gasteiger partial charge in [-0.2, -0.15) is 0 Å². The first-order valence-electron chi connectivity index (χ1n) is 35.1. The number of esters is 3. The number of carbonyl (C=O) groups excluding carboxylic acids is 3. The van der Waals surface area contributed by atoms with Gasteiger partial charge in [-0.05, 0) is 103 Å². The molecule has 0 saturated carbocycles. The maximum atomic E-state index is 12.9. The molecule has 6 nitrogen and oxygen atoms in total. The summed E-state index contributed by atoms with van der Waals surface area (Å²) in [5.74, 6) is -0.863. The van der Waals surface area contributed by atoms with E-state index in [1.165, 1.54) is 270 Å². The maximum Gasteiger partial charge on any atom is 0.306 e. The Balaban J connectivity index is 4.22. The van der Waals surface area contributed by atoms with Crippen LogP contribution in [0.4, 0.5) is 0 Å². The second-order valence-electron chi connectivity index (χ2n) is 23.8. The van der Waals surface area contributed by atoms with Crippen LogP contribution >= 0.6 is 0 Å². The third kappa shape index (κ3) is 66.1. The lowest BCUT2D eigenvalue weighted by molar-refractivity contribution is -0.167. The summed E-state index contributed by atoms with van der Waals surface area (Å²) in [6.07, 6.45) is 85.7. The van der Waals surface area contributed by atoms with Gasteiger partial charge in [0.25, 0.3) is 0 Å². The van der Waals surface area contributed by atoms with Gasteiger partial charge in [0.1, 0.15) is 13.2 Å². The summed E-state index contributed by atoms with van der Waals surface area (Å²) in [7, 11) is 0. The van der Waals surface area contributed by atoms with Crippen LogP contribution in [0, 0.1) is 0 Å². The standard InChI is InChI=1S/C73H134O6/c1-4-7-10-13-16-19-22-25-28-30-32-33-34-35-36-37-38-39-40-41-42-44-45-48-51-54-57-60-63-66-72(75)78-69-70(68-77-71(74)65-62-59-56-53-50-47-27-24-21-18-15-12-9-6-3)79-73(76)67-64-61-58-55-52-49-46-43-31-29-26-23-20-17-14-11-8-5-2/h22,24-25,27,29-32,70H,4-21,23,26,28,33-69H2,1-3H3/b25-22-,27-24-,31-29-,32-30-. The molecule has 0 amide bonds. The molecule has 0 heterocycles. The van der Waals surface area contributed by atoms with E-state index < -0.39 is 6.10 Å². The molecule has 79 heavy (non-hydrogen) atoms. The summed E-state index contributed by atoms with van der Waals surface area (Å²) in [4.78, 5) is 38.4. The molecule has 1 unspecified atom stereocenters. The molecular weight excluding hydrogens is 973 g/mol. The zero-order valence-electron chi connectivity index (χ0n) is 53.2. The molecular formula is C73H134O6. The van der Waals surface area contributed by atoms with Crippen molar-refractivity contribution in [3.05, 3.63) is 48.6 Å². The number of carbonyl (C=O) groups is 3. The van der Waals surface area contributed by atoms with Gasteiger partial charge in [-0.1, -0.05) is 307 Å². The predicted molar refractivity (Wildman–Crippen MR) is 344 cm³/mol. The number of rotatable bonds is 65. The van der Waals surface area contributed by atoms with Gasteiger partial charge in [0.15, 0.2) is 6.10 Å². The van der Waals surface area contributed by atoms with E-state index in [-0.39, 0.29) is 31.1 Å². The van der Waals surface area contributed by atoms with Crippen LogP contribution in [0.5, 0.6) is 0 Å². The largest absolute Gasteiger partial charge is 0.462 e. The van der Waals surface area contributed by atoms with Crippen LogP contribution in [0.15, 0.2) is 48.6 Å². The summed E-state index contributed by atoms with van der Waals surface area (Å²) in [5.41, 5.74) is 0. The van der Waals surface area contributed by atoms with E-state index in [0.29, 0.717) is 19.3 Å². The Morgan fingerprint density at radius 3 is 0.709 bits per heavy atom. The highest BCUT2D eigenvalue weighted by molar-refractivity contribution is 5.71. The molecule has 0 bridgehead atoms. The van der Waals surface area contributed by atoms with Gasteiger partial charge in [-0.15, -0.1) is 0 Å². The summed E-state index contributed by atoms with van der Waals surface area (Å²) < 4.78 is 17.0. The van der Waals surface area contributed by atoms with Gasteiger partial charge in [0.2, 0.25) is 0 Å². The summed E-state index contributed by atoms with van der Waals surface area (Å²) in [5, 5.41) is 0. The molecule has 0 aromatic heterocycles. The van der Waals surface area contributed by atoms with Crippen LogP contribution in [-0.2, 0) is 28.6 Å². The molecule has 0 aliphatic carbocycles. The number of ether oxygens (including phenoxy) is 3. The molecule has 6 heteroatoms. The summed E-state index contributed by atoms with van der Waals surface area (Å²) in [6.45, 7) is 6.67. The molecule has 0 aromatic carbocycles. The normalized spacial score (nSPS) is 12.3. The molecule has 0 fully saturated rings. The van der Waals surface area contributed by atoms with Crippen molar-refractivity contribution in [2.24, 2.45) is 0 Å². The van der Waals surface area contributed by atoms with Gasteiger partial charge >= 0.3 is 17.9 Å². The van der Waals surface area contributed by atoms with Gasteiger partial charge in [-0.25, -0.2) is 0 Å². The smallest absolute Gasteiger partial charge is 0.306 e. The van der Waals surface area contributed by atoms with E-state index in [2.05, 4.69) is 69.4 Å². The minimum Gasteiger partial charge on any atom is -0.462 e. The molecule has 462 valence electrons. The fourth-order valence-corrected chi connectivity index (χ4v) is 10.5. The Hall–Kier alpha value is -2.63. The molecule has 0 aromatic rings. The maximum absolute atomic E-state index is 12.9. The van der Waals surface area contributed by atoms with E-state index in [0.717, 1.165) is 70.6 Å². The minimum absolute atomic E-state index is 0.0736. The molecule has 1 atom stereocenters. The third-order valence-corrected chi connectivity index (χ3v) is 15.8. The summed E-state index contributed by atoms with van der Waals surface area (Å²) in [6, 6.07) is 0. The van der Waals surface area contributed by atoms with Crippen molar-refractivity contribution in [3.63, 3.8) is 0 Å². The van der Waals surface area contributed by atoms with Crippen molar-refractivity contribution in [2.45, 2.75) is 386 Å². The van der Waals surface area contributed by atoms with Gasteiger partial charge in [-0.3, -0.25) is 14.4 Å². The highest BCUT2D eigenvalue weighted by Crippen LogP contribution is 2.18. The van der Waals surface area contributed by atoms with Crippen LogP contribution in [0.3, 0.4) is 0 Å². The van der Waals surface area contributed by atoms with Crippen LogP contribution in [0.1, 0.15) is 380 Å². The van der Waals surface area contributed by atoms with E-state index >= 15 is 0 Å². The number of hydrogen-bond acceptors (Lipinski definition) is 6. The molecule has 0 N–H and O–H groups in total. The topological polar surface area (TPSA) is 78.9 Å². The van der Waals surface area contributed by atoms with Crippen molar-refractivity contribution in [1.82, 2.24) is 0 Å². The van der Waals surface area contributed by atoms with Crippen LogP contribution in [0.25, 0.3) is 0 Å². The fourth-order valence-electron chi connectivity index (χ4n) is 10.5. The Morgan fingerprint density at radius 2 is 0.456 bits per heavy atom. The van der Waals surface area contributed by atoms with Crippen LogP contribution in [-0.4, -0.2) is 37.2 Å². The van der Waals surface area contributed by atoms with Gasteiger partial charge in [0, 0.05) is 19.3 Å². The van der Waals surface area contributed by atoms with Crippen molar-refractivity contribution in [2.75, 3.05) is 13.2 Å². The van der Waals surface area contributed by atoms with E-state index in [1.54, 1.807) is 0 Å². The number of hydrogen-bond donors (Lipinski definition) is 0. The number of unbranched alkanes of at least 4 members (excludes halogenated alkanes) is 46. The Labute approximate surface area is 492 Å². The first-order chi connectivity index (χ1) is 39.0. The molecule has 0 radical (unpaired) electrons. The zero-order valence-corrected chi connectivity index (χ0v) is 53.2. The monoisotopic (exact) mass is 1110 g/mol. The average molecular weight is 1110 g/mol. The molecule has 0 aliphatic rings. The number of allylic oxidation sites excluding steroid dienone is 8. The average Bonchev–Trinajstić information content (AvgIpc) is 3.45. The van der Waals surface area contributed by atoms with E-state index in [1.807, 2.05) is 0 Å². The molecule has 0 rings (SSSR count). The third-order valence-electron chi connectivity index (χ3n) is 15.8. The molecule has 0 saturated heterocycles. The van der Waals surface area contributed by atoms with Gasteiger partial charge < -0.3 is 14.2 Å². The predicted octanol–water partition coefficient (Wildman–Crippen LogP) is 24.1. The van der Waals surface area contributed by atoms with Crippen molar-refractivity contribution in [1.29, 1.82) is 0 Å². The molecule has 0 spiro atoms. The Morgan fingerprint density at radius 1 is 0.253 bits per heavy atom. The van der Waals surface area contributed by atoms with Crippen LogP contribution < -0.4 is 0 Å². The lowest BCUT2D eigenvalue weighted by Crippen LogP contribution is -2.30. The second kappa shape index (κ2) is 67.9. The van der Waals surface area contributed by atoms with E-state index in [4.69, 9.17) is 14.2 Å². The first kappa shape index (κ1) is 76.4. The Kier molecular flexibility index (Phi) is 65.6. The highest BCUT2D eigenvalue weighted by atomic mass is 16.6. The lowest BCUT2D eigenvalue weighted by atomic mass is 10.0. The quantitative estimate of drug-likeness (QED) is 0.0261.